The van der Waals surface area contributed by atoms with E-state index in [2.05, 4.69) is 41.1 Å². The van der Waals surface area contributed by atoms with Gasteiger partial charge in [-0.15, -0.1) is 0 Å². The third kappa shape index (κ3) is 8.05. The summed E-state index contributed by atoms with van der Waals surface area (Å²) < 4.78 is 5.84. The molecule has 2 aliphatic rings. The monoisotopic (exact) mass is 384 g/mol. The first-order chi connectivity index (χ1) is 12.8. The standard InChI is InChI=1S/C20H40N4OS/c1-3-21-19(22-12-9-15-24-13-7-5-6-8-14-24)23-18-20(26-4-2)10-16-25-17-11-20/h3-18H2,1-2H3,(H2,21,22,23). The summed E-state index contributed by atoms with van der Waals surface area (Å²) in [6.07, 6.45) is 8.99. The molecule has 26 heavy (non-hydrogen) atoms. The van der Waals surface area contributed by atoms with E-state index in [9.17, 15) is 0 Å². The molecule has 6 heteroatoms. The van der Waals surface area contributed by atoms with E-state index in [0.717, 1.165) is 57.4 Å². The maximum atomic E-state index is 5.57. The molecule has 0 unspecified atom stereocenters. The van der Waals surface area contributed by atoms with Crippen LogP contribution in [0.5, 0.6) is 0 Å². The summed E-state index contributed by atoms with van der Waals surface area (Å²) in [7, 11) is 0. The molecule has 0 aromatic heterocycles. The van der Waals surface area contributed by atoms with Crippen LogP contribution in [0.2, 0.25) is 0 Å². The maximum Gasteiger partial charge on any atom is 0.191 e. The van der Waals surface area contributed by atoms with Crippen molar-refractivity contribution < 1.29 is 4.74 Å². The Hall–Kier alpha value is -0.460. The highest BCUT2D eigenvalue weighted by Gasteiger charge is 2.32. The fourth-order valence-corrected chi connectivity index (χ4v) is 5.06. The minimum absolute atomic E-state index is 0.265. The van der Waals surface area contributed by atoms with E-state index in [1.165, 1.54) is 51.7 Å². The largest absolute Gasteiger partial charge is 0.381 e. The number of nitrogens with zero attached hydrogens (tertiary/aromatic N) is 2. The van der Waals surface area contributed by atoms with Crippen LogP contribution in [0, 0.1) is 0 Å². The topological polar surface area (TPSA) is 48.9 Å². The molecule has 0 aromatic rings. The Balaban J connectivity index is 1.75. The average Bonchev–Trinajstić information content (AvgIpc) is 2.93. The number of guanidine groups is 1. The summed E-state index contributed by atoms with van der Waals surface area (Å²) in [5.74, 6) is 2.13. The zero-order valence-corrected chi connectivity index (χ0v) is 17.8. The van der Waals surface area contributed by atoms with Crippen LogP contribution in [-0.2, 0) is 4.74 Å². The van der Waals surface area contributed by atoms with E-state index in [4.69, 9.17) is 9.73 Å². The molecule has 2 fully saturated rings. The number of aliphatic imine (C=N–C) groups is 1. The highest BCUT2D eigenvalue weighted by atomic mass is 32.2. The number of hydrogen-bond donors (Lipinski definition) is 2. The Kier molecular flexibility index (Phi) is 10.8. The number of rotatable bonds is 9. The van der Waals surface area contributed by atoms with E-state index < -0.39 is 0 Å². The molecule has 0 radical (unpaired) electrons. The highest BCUT2D eigenvalue weighted by Crippen LogP contribution is 2.35. The van der Waals surface area contributed by atoms with Gasteiger partial charge in [0.1, 0.15) is 0 Å². The molecule has 2 saturated heterocycles. The smallest absolute Gasteiger partial charge is 0.191 e. The van der Waals surface area contributed by atoms with Crippen LogP contribution >= 0.6 is 11.8 Å². The lowest BCUT2D eigenvalue weighted by Gasteiger charge is -2.35. The molecule has 152 valence electrons. The number of likely N-dealkylation sites (tertiary alicyclic amines) is 1. The summed E-state index contributed by atoms with van der Waals surface area (Å²) in [4.78, 5) is 7.56. The molecule has 5 nitrogen and oxygen atoms in total. The molecule has 0 bridgehead atoms. The van der Waals surface area contributed by atoms with Gasteiger partial charge in [-0.25, -0.2) is 0 Å². The van der Waals surface area contributed by atoms with Crippen molar-refractivity contribution in [2.75, 3.05) is 58.2 Å². The molecule has 0 aliphatic carbocycles. The van der Waals surface area contributed by atoms with Gasteiger partial charge in [0.25, 0.3) is 0 Å². The minimum atomic E-state index is 0.265. The van der Waals surface area contributed by atoms with E-state index in [-0.39, 0.29) is 4.75 Å². The average molecular weight is 385 g/mol. The fraction of sp³-hybridized carbons (Fsp3) is 0.950. The van der Waals surface area contributed by atoms with Crippen LogP contribution in [0.15, 0.2) is 4.99 Å². The highest BCUT2D eigenvalue weighted by molar-refractivity contribution is 8.00. The van der Waals surface area contributed by atoms with Crippen LogP contribution in [0.25, 0.3) is 0 Å². The van der Waals surface area contributed by atoms with Crippen molar-refractivity contribution in [3.8, 4) is 0 Å². The number of hydrogen-bond acceptors (Lipinski definition) is 4. The van der Waals surface area contributed by atoms with Crippen LogP contribution in [-0.4, -0.2) is 73.8 Å². The zero-order valence-electron chi connectivity index (χ0n) is 17.0. The van der Waals surface area contributed by atoms with E-state index in [1.54, 1.807) is 0 Å². The first-order valence-corrected chi connectivity index (χ1v) is 11.7. The Morgan fingerprint density at radius 3 is 2.46 bits per heavy atom. The van der Waals surface area contributed by atoms with Gasteiger partial charge in [-0.1, -0.05) is 19.8 Å². The van der Waals surface area contributed by atoms with Crippen LogP contribution in [0.3, 0.4) is 0 Å². The van der Waals surface area contributed by atoms with Gasteiger partial charge in [0.2, 0.25) is 0 Å². The second kappa shape index (κ2) is 12.8. The summed E-state index contributed by atoms with van der Waals surface area (Å²) in [5, 5.41) is 6.96. The van der Waals surface area contributed by atoms with Crippen molar-refractivity contribution in [2.24, 2.45) is 4.99 Å². The molecule has 2 N–H and O–H groups in total. The fourth-order valence-electron chi connectivity index (χ4n) is 3.83. The normalized spacial score (nSPS) is 22.0. The number of thioether (sulfide) groups is 1. The Morgan fingerprint density at radius 2 is 1.81 bits per heavy atom. The quantitative estimate of drug-likeness (QED) is 0.363. The van der Waals surface area contributed by atoms with Crippen molar-refractivity contribution in [3.05, 3.63) is 0 Å². The predicted molar refractivity (Wildman–Crippen MR) is 114 cm³/mol. The molecule has 0 atom stereocenters. The molecule has 0 amide bonds. The number of ether oxygens (including phenoxy) is 1. The lowest BCUT2D eigenvalue weighted by Crippen LogP contribution is -2.42. The maximum absolute atomic E-state index is 5.57. The third-order valence-corrected chi connectivity index (χ3v) is 6.80. The van der Waals surface area contributed by atoms with Crippen molar-refractivity contribution in [1.29, 1.82) is 0 Å². The second-order valence-electron chi connectivity index (χ2n) is 7.46. The Morgan fingerprint density at radius 1 is 1.08 bits per heavy atom. The van der Waals surface area contributed by atoms with Crippen LogP contribution in [0.1, 0.15) is 58.8 Å². The summed E-state index contributed by atoms with van der Waals surface area (Å²) in [5.41, 5.74) is 0. The first-order valence-electron chi connectivity index (χ1n) is 10.7. The van der Waals surface area contributed by atoms with Gasteiger partial charge in [-0.05, 0) is 64.4 Å². The molecule has 2 aliphatic heterocycles. The minimum Gasteiger partial charge on any atom is -0.381 e. The molecule has 2 rings (SSSR count). The van der Waals surface area contributed by atoms with Gasteiger partial charge in [0, 0.05) is 31.1 Å². The van der Waals surface area contributed by atoms with Crippen molar-refractivity contribution in [3.63, 3.8) is 0 Å². The summed E-state index contributed by atoms with van der Waals surface area (Å²) in [6.45, 7) is 12.7. The lowest BCUT2D eigenvalue weighted by molar-refractivity contribution is 0.0793. The van der Waals surface area contributed by atoms with E-state index >= 15 is 0 Å². The zero-order chi connectivity index (χ0) is 18.5. The predicted octanol–water partition coefficient (Wildman–Crippen LogP) is 3.11. The molecule has 0 saturated carbocycles. The van der Waals surface area contributed by atoms with Gasteiger partial charge >= 0.3 is 0 Å². The van der Waals surface area contributed by atoms with E-state index in [0.29, 0.717) is 0 Å². The third-order valence-electron chi connectivity index (χ3n) is 5.37. The summed E-state index contributed by atoms with van der Waals surface area (Å²) in [6, 6.07) is 0. The molecule has 2 heterocycles. The van der Waals surface area contributed by atoms with Crippen LogP contribution in [0.4, 0.5) is 0 Å². The van der Waals surface area contributed by atoms with Gasteiger partial charge in [0.15, 0.2) is 5.96 Å². The van der Waals surface area contributed by atoms with Crippen molar-refractivity contribution in [1.82, 2.24) is 15.5 Å². The lowest BCUT2D eigenvalue weighted by atomic mass is 9.99. The van der Waals surface area contributed by atoms with Gasteiger partial charge in [-0.2, -0.15) is 11.8 Å². The first kappa shape index (κ1) is 21.8. The molecule has 0 aromatic carbocycles. The van der Waals surface area contributed by atoms with E-state index in [1.807, 2.05) is 0 Å². The van der Waals surface area contributed by atoms with Crippen molar-refractivity contribution in [2.45, 2.75) is 63.5 Å². The van der Waals surface area contributed by atoms with Crippen LogP contribution < -0.4 is 10.6 Å². The van der Waals surface area contributed by atoms with Gasteiger partial charge < -0.3 is 20.3 Å². The molecular weight excluding hydrogens is 344 g/mol. The molecule has 0 spiro atoms. The SMILES string of the molecule is CCNC(=NCC1(SCC)CCOCC1)NCCCN1CCCCCC1. The summed E-state index contributed by atoms with van der Waals surface area (Å²) >= 11 is 2.06. The Labute approximate surface area is 165 Å². The van der Waals surface area contributed by atoms with Gasteiger partial charge in [-0.3, -0.25) is 4.99 Å². The molecular formula is C20H40N4OS. The second-order valence-corrected chi connectivity index (χ2v) is 9.19. The number of nitrogens with one attached hydrogen (secondary N) is 2. The van der Waals surface area contributed by atoms with Crippen molar-refractivity contribution >= 4 is 17.7 Å². The van der Waals surface area contributed by atoms with Gasteiger partial charge in [0.05, 0.1) is 6.54 Å². The Bertz CT molecular complexity index is 386.